The van der Waals surface area contributed by atoms with Crippen LogP contribution in [0.1, 0.15) is 12.8 Å². The minimum absolute atomic E-state index is 0.440. The Morgan fingerprint density at radius 1 is 1.55 bits per heavy atom. The van der Waals surface area contributed by atoms with Crippen LogP contribution in [0.25, 0.3) is 0 Å². The summed E-state index contributed by atoms with van der Waals surface area (Å²) in [6, 6.07) is 3.80. The first-order valence-corrected chi connectivity index (χ1v) is 4.43. The summed E-state index contributed by atoms with van der Waals surface area (Å²) in [6.45, 7) is 0. The number of pyridine rings is 1. The fourth-order valence-corrected chi connectivity index (χ4v) is 1.17. The van der Waals surface area contributed by atoms with Crippen molar-refractivity contribution in [2.24, 2.45) is 0 Å². The summed E-state index contributed by atoms with van der Waals surface area (Å²) in [5.41, 5.74) is 0. The van der Waals surface area contributed by atoms with Gasteiger partial charge in [0.1, 0.15) is 4.60 Å². The maximum Gasteiger partial charge on any atom is 0.152 e. The molecule has 0 spiro atoms. The molecule has 0 N–H and O–H groups in total. The standard InChI is InChI=1S/C8H8BrNO/c9-8-7(2-1-5-10-8)11-6-3-4-6/h1-2,5-6H,3-4H2. The van der Waals surface area contributed by atoms with Crippen molar-refractivity contribution in [3.05, 3.63) is 22.9 Å². The molecule has 58 valence electrons. The predicted molar refractivity (Wildman–Crippen MR) is 45.6 cm³/mol. The lowest BCUT2D eigenvalue weighted by atomic mass is 10.5. The van der Waals surface area contributed by atoms with Crippen molar-refractivity contribution >= 4 is 15.9 Å². The van der Waals surface area contributed by atoms with Crippen molar-refractivity contribution in [1.29, 1.82) is 0 Å². The Labute approximate surface area is 73.7 Å². The lowest BCUT2D eigenvalue weighted by Gasteiger charge is -2.03. The van der Waals surface area contributed by atoms with Crippen LogP contribution in [-0.4, -0.2) is 11.1 Å². The third-order valence-electron chi connectivity index (χ3n) is 1.54. The Kier molecular flexibility index (Phi) is 1.82. The number of nitrogens with zero attached hydrogens (tertiary/aromatic N) is 1. The highest BCUT2D eigenvalue weighted by atomic mass is 79.9. The zero-order chi connectivity index (χ0) is 7.68. The van der Waals surface area contributed by atoms with E-state index in [-0.39, 0.29) is 0 Å². The van der Waals surface area contributed by atoms with Gasteiger partial charge in [-0.1, -0.05) is 0 Å². The Hall–Kier alpha value is -0.570. The van der Waals surface area contributed by atoms with Crippen LogP contribution in [0, 0.1) is 0 Å². The van der Waals surface area contributed by atoms with E-state index < -0.39 is 0 Å². The smallest absolute Gasteiger partial charge is 0.152 e. The molecule has 0 atom stereocenters. The molecule has 0 saturated heterocycles. The van der Waals surface area contributed by atoms with Crippen molar-refractivity contribution in [1.82, 2.24) is 4.98 Å². The van der Waals surface area contributed by atoms with E-state index in [0.29, 0.717) is 6.10 Å². The van der Waals surface area contributed by atoms with Gasteiger partial charge in [-0.2, -0.15) is 0 Å². The largest absolute Gasteiger partial charge is 0.488 e. The Morgan fingerprint density at radius 3 is 3.00 bits per heavy atom. The highest BCUT2D eigenvalue weighted by molar-refractivity contribution is 9.10. The van der Waals surface area contributed by atoms with Crippen LogP contribution in [0.4, 0.5) is 0 Å². The van der Waals surface area contributed by atoms with Crippen LogP contribution in [0.15, 0.2) is 22.9 Å². The van der Waals surface area contributed by atoms with Crippen molar-refractivity contribution in [2.75, 3.05) is 0 Å². The zero-order valence-corrected chi connectivity index (χ0v) is 7.54. The molecule has 11 heavy (non-hydrogen) atoms. The second kappa shape index (κ2) is 2.81. The topological polar surface area (TPSA) is 22.1 Å². The summed E-state index contributed by atoms with van der Waals surface area (Å²) >= 11 is 3.32. The third-order valence-corrected chi connectivity index (χ3v) is 2.14. The quantitative estimate of drug-likeness (QED) is 0.705. The highest BCUT2D eigenvalue weighted by Crippen LogP contribution is 2.30. The number of ether oxygens (including phenoxy) is 1. The predicted octanol–water partition coefficient (Wildman–Crippen LogP) is 2.39. The molecular formula is C8H8BrNO. The molecule has 1 heterocycles. The summed E-state index contributed by atoms with van der Waals surface area (Å²) in [5.74, 6) is 0.856. The molecular weight excluding hydrogens is 206 g/mol. The van der Waals surface area contributed by atoms with E-state index in [4.69, 9.17) is 4.74 Å². The van der Waals surface area contributed by atoms with Gasteiger partial charge in [0.15, 0.2) is 5.75 Å². The van der Waals surface area contributed by atoms with Gasteiger partial charge in [0.2, 0.25) is 0 Å². The average molecular weight is 214 g/mol. The van der Waals surface area contributed by atoms with Crippen LogP contribution in [-0.2, 0) is 0 Å². The van der Waals surface area contributed by atoms with E-state index in [9.17, 15) is 0 Å². The van der Waals surface area contributed by atoms with Gasteiger partial charge in [-0.05, 0) is 40.9 Å². The second-order valence-corrected chi connectivity index (χ2v) is 3.36. The maximum atomic E-state index is 5.55. The highest BCUT2D eigenvalue weighted by Gasteiger charge is 2.24. The number of rotatable bonds is 2. The fraction of sp³-hybridized carbons (Fsp3) is 0.375. The molecule has 1 aromatic rings. The molecule has 0 radical (unpaired) electrons. The van der Waals surface area contributed by atoms with Gasteiger partial charge >= 0.3 is 0 Å². The molecule has 3 heteroatoms. The molecule has 1 fully saturated rings. The zero-order valence-electron chi connectivity index (χ0n) is 5.96. The lowest BCUT2D eigenvalue weighted by molar-refractivity contribution is 0.300. The summed E-state index contributed by atoms with van der Waals surface area (Å²) in [4.78, 5) is 4.05. The van der Waals surface area contributed by atoms with Gasteiger partial charge in [0.25, 0.3) is 0 Å². The summed E-state index contributed by atoms with van der Waals surface area (Å²) in [6.07, 6.45) is 4.54. The summed E-state index contributed by atoms with van der Waals surface area (Å²) in [7, 11) is 0. The maximum absolute atomic E-state index is 5.55. The van der Waals surface area contributed by atoms with E-state index in [0.717, 1.165) is 10.4 Å². The van der Waals surface area contributed by atoms with Crippen molar-refractivity contribution in [3.63, 3.8) is 0 Å². The number of halogens is 1. The van der Waals surface area contributed by atoms with Gasteiger partial charge in [-0.25, -0.2) is 4.98 Å². The summed E-state index contributed by atoms with van der Waals surface area (Å²) < 4.78 is 6.34. The Balaban J connectivity index is 2.15. The first-order valence-electron chi connectivity index (χ1n) is 3.63. The minimum Gasteiger partial charge on any atom is -0.488 e. The van der Waals surface area contributed by atoms with Gasteiger partial charge in [0.05, 0.1) is 6.10 Å². The molecule has 1 aromatic heterocycles. The molecule has 1 aliphatic carbocycles. The molecule has 0 aromatic carbocycles. The van der Waals surface area contributed by atoms with Crippen molar-refractivity contribution < 1.29 is 4.74 Å². The normalized spacial score (nSPS) is 16.5. The number of aromatic nitrogens is 1. The van der Waals surface area contributed by atoms with Crippen molar-refractivity contribution in [3.8, 4) is 5.75 Å². The molecule has 2 nitrogen and oxygen atoms in total. The number of hydrogen-bond donors (Lipinski definition) is 0. The van der Waals surface area contributed by atoms with E-state index in [1.807, 2.05) is 12.1 Å². The molecule has 0 unspecified atom stereocenters. The monoisotopic (exact) mass is 213 g/mol. The van der Waals surface area contributed by atoms with Gasteiger partial charge in [-0.15, -0.1) is 0 Å². The second-order valence-electron chi connectivity index (χ2n) is 2.61. The average Bonchev–Trinajstić information content (AvgIpc) is 2.78. The Bertz CT molecular complexity index is 260. The van der Waals surface area contributed by atoms with Crippen LogP contribution in [0.5, 0.6) is 5.75 Å². The van der Waals surface area contributed by atoms with Gasteiger partial charge in [0, 0.05) is 6.20 Å². The van der Waals surface area contributed by atoms with Gasteiger partial charge < -0.3 is 4.74 Å². The molecule has 0 aliphatic heterocycles. The molecule has 0 bridgehead atoms. The van der Waals surface area contributed by atoms with E-state index >= 15 is 0 Å². The molecule has 1 saturated carbocycles. The van der Waals surface area contributed by atoms with Crippen molar-refractivity contribution in [2.45, 2.75) is 18.9 Å². The Morgan fingerprint density at radius 2 is 2.36 bits per heavy atom. The summed E-state index contributed by atoms with van der Waals surface area (Å²) in [5, 5.41) is 0. The molecule has 2 rings (SSSR count). The third kappa shape index (κ3) is 1.71. The SMILES string of the molecule is Brc1ncccc1OC1CC1. The van der Waals surface area contributed by atoms with E-state index in [1.165, 1.54) is 12.8 Å². The lowest BCUT2D eigenvalue weighted by Crippen LogP contribution is -1.96. The van der Waals surface area contributed by atoms with Gasteiger partial charge in [-0.3, -0.25) is 0 Å². The van der Waals surface area contributed by atoms with Crippen LogP contribution in [0.3, 0.4) is 0 Å². The van der Waals surface area contributed by atoms with E-state index in [1.54, 1.807) is 6.20 Å². The van der Waals surface area contributed by atoms with Crippen LogP contribution in [0.2, 0.25) is 0 Å². The first-order chi connectivity index (χ1) is 5.36. The van der Waals surface area contributed by atoms with E-state index in [2.05, 4.69) is 20.9 Å². The van der Waals surface area contributed by atoms with Crippen LogP contribution < -0.4 is 4.74 Å². The fourth-order valence-electron chi connectivity index (χ4n) is 0.825. The minimum atomic E-state index is 0.440. The first kappa shape index (κ1) is 7.10. The number of hydrogen-bond acceptors (Lipinski definition) is 2. The molecule has 0 amide bonds. The molecule has 1 aliphatic rings. The van der Waals surface area contributed by atoms with Crippen LogP contribution >= 0.6 is 15.9 Å².